The number of hydrazine groups is 1. The molecule has 6 fully saturated rings. The van der Waals surface area contributed by atoms with Crippen LogP contribution in [0.25, 0.3) is 27.7 Å². The van der Waals surface area contributed by atoms with Gasteiger partial charge in [-0.25, -0.2) is 5.43 Å². The van der Waals surface area contributed by atoms with Gasteiger partial charge in [0.2, 0.25) is 5.91 Å². The summed E-state index contributed by atoms with van der Waals surface area (Å²) in [5.74, 6) is -0.296. The maximum atomic E-state index is 15.0. The fourth-order valence-electron chi connectivity index (χ4n) is 14.5. The van der Waals surface area contributed by atoms with Crippen LogP contribution < -0.4 is 21.0 Å². The number of carbonyl (C=O) groups is 3. The molecule has 5 saturated heterocycles. The molecule has 2 amide bonds. The number of methoxy groups -OCH3 is 1. The van der Waals surface area contributed by atoms with E-state index in [0.717, 1.165) is 138 Å². The van der Waals surface area contributed by atoms with Crippen LogP contribution in [-0.4, -0.2) is 163 Å². The van der Waals surface area contributed by atoms with Crippen molar-refractivity contribution < 1.29 is 23.9 Å². The molecule has 15 nitrogen and oxygen atoms in total. The summed E-state index contributed by atoms with van der Waals surface area (Å²) in [6, 6.07) is 8.17. The van der Waals surface area contributed by atoms with Gasteiger partial charge in [-0.05, 0) is 144 Å². The minimum absolute atomic E-state index is 0.0248. The zero-order valence-corrected chi connectivity index (χ0v) is 44.7. The number of fused-ring (bicyclic) bond motifs is 7. The van der Waals surface area contributed by atoms with Crippen LogP contribution in [-0.2, 0) is 36.8 Å². The number of pyridine rings is 1. The highest BCUT2D eigenvalue weighted by Crippen LogP contribution is 2.44. The Morgan fingerprint density at radius 2 is 1.82 bits per heavy atom. The van der Waals surface area contributed by atoms with E-state index in [1.54, 1.807) is 12.1 Å². The molecule has 396 valence electrons. The average molecular weight is 1000 g/mol. The van der Waals surface area contributed by atoms with Gasteiger partial charge in [-0.1, -0.05) is 45.3 Å². The van der Waals surface area contributed by atoms with Gasteiger partial charge in [0, 0.05) is 100 Å². The number of carbonyl (C=O) groups excluding carboxylic acids is 3. The Balaban J connectivity index is 0.960. The molecule has 1 saturated carbocycles. The van der Waals surface area contributed by atoms with Crippen molar-refractivity contribution in [3.8, 4) is 11.3 Å². The molecule has 2 aromatic heterocycles. The van der Waals surface area contributed by atoms with Crippen LogP contribution in [0.4, 0.5) is 5.69 Å². The highest BCUT2D eigenvalue weighted by atomic mass is 16.5. The first-order chi connectivity index (χ1) is 35.4. The summed E-state index contributed by atoms with van der Waals surface area (Å²) in [5, 5.41) is 9.83. The van der Waals surface area contributed by atoms with E-state index < -0.39 is 17.5 Å². The second-order valence-corrected chi connectivity index (χ2v) is 24.2. The van der Waals surface area contributed by atoms with E-state index in [-0.39, 0.29) is 47.9 Å². The predicted octanol–water partition coefficient (Wildman–Crippen LogP) is 6.54. The van der Waals surface area contributed by atoms with Gasteiger partial charge in [0.05, 0.1) is 42.0 Å². The Hall–Kier alpha value is -4.38. The summed E-state index contributed by atoms with van der Waals surface area (Å²) in [6.45, 7) is 20.1. The molecular weight excluding hydrogens is 917 g/mol. The molecule has 8 aliphatic rings. The van der Waals surface area contributed by atoms with Crippen molar-refractivity contribution in [1.29, 1.82) is 0 Å². The summed E-state index contributed by atoms with van der Waals surface area (Å²) in [4.78, 5) is 59.6. The largest absolute Gasteiger partial charge is 0.464 e. The first-order valence-corrected chi connectivity index (χ1v) is 28.5. The molecule has 1 aliphatic carbocycles. The number of piperidine rings is 1. The van der Waals surface area contributed by atoms with E-state index in [1.165, 1.54) is 42.3 Å². The quantitative estimate of drug-likeness (QED) is 0.201. The lowest BCUT2D eigenvalue weighted by Gasteiger charge is -2.45. The number of aromatic nitrogens is 2. The second kappa shape index (κ2) is 21.3. The first kappa shape index (κ1) is 50.8. The average Bonchev–Trinajstić information content (AvgIpc) is 4.26. The zero-order chi connectivity index (χ0) is 50.4. The van der Waals surface area contributed by atoms with Crippen molar-refractivity contribution in [2.45, 2.75) is 148 Å². The van der Waals surface area contributed by atoms with Gasteiger partial charge in [-0.3, -0.25) is 39.1 Å². The Labute approximate surface area is 434 Å². The number of cyclic esters (lactones) is 1. The molecule has 0 radical (unpaired) electrons. The van der Waals surface area contributed by atoms with E-state index in [9.17, 15) is 4.79 Å². The van der Waals surface area contributed by atoms with Gasteiger partial charge >= 0.3 is 5.97 Å². The van der Waals surface area contributed by atoms with Crippen LogP contribution in [0.5, 0.6) is 0 Å². The monoisotopic (exact) mass is 1000 g/mol. The van der Waals surface area contributed by atoms with Gasteiger partial charge in [-0.2, -0.15) is 0 Å². The maximum Gasteiger partial charge on any atom is 0.324 e. The number of amides is 2. The van der Waals surface area contributed by atoms with Crippen LogP contribution >= 0.6 is 0 Å². The summed E-state index contributed by atoms with van der Waals surface area (Å²) < 4.78 is 14.9. The van der Waals surface area contributed by atoms with Crippen molar-refractivity contribution in [2.75, 3.05) is 97.2 Å². The van der Waals surface area contributed by atoms with E-state index in [0.29, 0.717) is 44.9 Å². The van der Waals surface area contributed by atoms with E-state index in [2.05, 4.69) is 104 Å². The third kappa shape index (κ3) is 10.4. The number of anilines is 1. The van der Waals surface area contributed by atoms with Gasteiger partial charge < -0.3 is 29.6 Å². The Morgan fingerprint density at radius 3 is 2.63 bits per heavy atom. The predicted molar refractivity (Wildman–Crippen MR) is 287 cm³/mol. The number of nitrogens with one attached hydrogen (secondary N) is 3. The molecule has 6 bridgehead atoms. The fourth-order valence-corrected chi connectivity index (χ4v) is 14.5. The summed E-state index contributed by atoms with van der Waals surface area (Å²) in [6.07, 6.45) is 17.3. The molecule has 1 unspecified atom stereocenters. The molecule has 3 aromatic rings. The Bertz CT molecular complexity index is 2550. The van der Waals surface area contributed by atoms with Gasteiger partial charge in [0.25, 0.3) is 5.91 Å². The van der Waals surface area contributed by atoms with Crippen molar-refractivity contribution in [3.05, 3.63) is 53.4 Å². The molecule has 7 aliphatic heterocycles. The maximum absolute atomic E-state index is 15.0. The molecular formula is C58H84N10O5. The molecule has 73 heavy (non-hydrogen) atoms. The Morgan fingerprint density at radius 1 is 0.973 bits per heavy atom. The smallest absolute Gasteiger partial charge is 0.324 e. The van der Waals surface area contributed by atoms with Crippen LogP contribution in [0.3, 0.4) is 0 Å². The van der Waals surface area contributed by atoms with E-state index in [1.807, 2.05) is 0 Å². The Kier molecular flexibility index (Phi) is 14.8. The lowest BCUT2D eigenvalue weighted by molar-refractivity contribution is -0.155. The molecule has 1 aromatic carbocycles. The number of piperazine rings is 1. The number of esters is 1. The lowest BCUT2D eigenvalue weighted by atomic mass is 9.84. The van der Waals surface area contributed by atoms with Gasteiger partial charge in [0.1, 0.15) is 12.1 Å². The SMILES string of the molecule is CCn1c(-c2cc(N3CCN4CCCC[C@@H]4C3)cnc2[C@H](C)OC)c2c3cc(ccc31)C1=CCCN(C1)C[C@H](NC(=O)[C@H](C1CCCC1)N1CC[C@]3(CCNC3)C1)C(=O)N1CCC[C@H](N1)C(=O)OCC(C)(C)C2. The number of hydrogen-bond donors (Lipinski definition) is 3. The number of ether oxygens (including phenoxy) is 2. The number of hydrogen-bond acceptors (Lipinski definition) is 12. The highest BCUT2D eigenvalue weighted by Gasteiger charge is 2.47. The molecule has 3 N–H and O–H groups in total. The van der Waals surface area contributed by atoms with Crippen molar-refractivity contribution in [2.24, 2.45) is 16.7 Å². The number of aryl methyl sites for hydroxylation is 1. The number of nitrogens with zero attached hydrogens (tertiary/aromatic N) is 7. The number of rotatable bonds is 9. The van der Waals surface area contributed by atoms with E-state index >= 15 is 9.59 Å². The number of benzene rings is 1. The second-order valence-electron chi connectivity index (χ2n) is 24.2. The fraction of sp³-hybridized carbons (Fsp3) is 0.690. The van der Waals surface area contributed by atoms with Crippen molar-refractivity contribution in [1.82, 2.24) is 45.3 Å². The minimum Gasteiger partial charge on any atom is -0.464 e. The van der Waals surface area contributed by atoms with Crippen molar-refractivity contribution >= 4 is 39.9 Å². The van der Waals surface area contributed by atoms with Crippen LogP contribution in [0, 0.1) is 16.7 Å². The summed E-state index contributed by atoms with van der Waals surface area (Å²) in [5.41, 5.74) is 12.2. The molecule has 1 spiro atoms. The molecule has 11 rings (SSSR count). The van der Waals surface area contributed by atoms with Crippen molar-refractivity contribution in [3.63, 3.8) is 0 Å². The lowest BCUT2D eigenvalue weighted by Crippen LogP contribution is -2.63. The van der Waals surface area contributed by atoms with Gasteiger partial charge in [0.15, 0.2) is 0 Å². The highest BCUT2D eigenvalue weighted by molar-refractivity contribution is 5.95. The third-order valence-electron chi connectivity index (χ3n) is 18.5. The summed E-state index contributed by atoms with van der Waals surface area (Å²) >= 11 is 0. The zero-order valence-electron chi connectivity index (χ0n) is 44.7. The van der Waals surface area contributed by atoms with Crippen LogP contribution in [0.15, 0.2) is 36.5 Å². The normalized spacial score (nSPS) is 29.5. The minimum atomic E-state index is -0.796. The van der Waals surface area contributed by atoms with Gasteiger partial charge in [-0.15, -0.1) is 0 Å². The first-order valence-electron chi connectivity index (χ1n) is 28.5. The van der Waals surface area contributed by atoms with Crippen LogP contribution in [0.1, 0.15) is 128 Å². The van der Waals surface area contributed by atoms with Crippen LogP contribution in [0.2, 0.25) is 0 Å². The van der Waals surface area contributed by atoms with E-state index in [4.69, 9.17) is 14.5 Å². The third-order valence-corrected chi connectivity index (χ3v) is 18.5. The molecule has 9 heterocycles. The topological polar surface area (TPSA) is 140 Å². The molecule has 15 heteroatoms. The molecule has 7 atom stereocenters. The standard InChI is InChI=1S/C58H84N10O5/c1-6-67-50-19-18-41-29-45(50)47(53(67)46-30-44(32-60-51(46)39(2)72-5)65-28-27-64-24-10-9-16-43(64)34-65)31-57(3,4)38-73-56(71)48-17-12-25-68(62-48)55(70)49(35-63-23-11-15-42(41)33-63)61-54(69)52(40-13-7-8-14-40)66-26-21-58(37-66)20-22-59-36-58/h15,18-19,29-30,32,39-40,43,48-49,52,59,62H,6-14,16-17,20-28,31,33-38H2,1-5H3,(H,61,69)/t39-,43+,48-,49-,52-,58-/m0/s1. The number of likely N-dealkylation sites (tertiary alicyclic amines) is 1. The summed E-state index contributed by atoms with van der Waals surface area (Å²) in [7, 11) is 1.77.